The molecule has 0 spiro atoms. The van der Waals surface area contributed by atoms with Crippen molar-refractivity contribution in [3.8, 4) is 17.2 Å². The number of carbonyl (C=O) groups is 1. The third-order valence-electron chi connectivity index (χ3n) is 5.81. The fourth-order valence-corrected chi connectivity index (χ4v) is 5.51. The first-order chi connectivity index (χ1) is 17.4. The molecule has 0 saturated heterocycles. The van der Waals surface area contributed by atoms with Crippen molar-refractivity contribution in [2.24, 2.45) is 4.99 Å². The highest BCUT2D eigenvalue weighted by atomic mass is 35.5. The number of carbonyl (C=O) groups excluding carboxylic acids is 1. The Morgan fingerprint density at radius 1 is 1.22 bits per heavy atom. The predicted molar refractivity (Wildman–Crippen MR) is 136 cm³/mol. The lowest BCUT2D eigenvalue weighted by molar-refractivity contribution is -0.139. The highest BCUT2D eigenvalue weighted by Gasteiger charge is 2.35. The van der Waals surface area contributed by atoms with Crippen LogP contribution >= 0.6 is 22.9 Å². The average molecular weight is 527 g/mol. The topological polar surface area (TPSA) is 88.4 Å². The second kappa shape index (κ2) is 9.83. The predicted octanol–water partition coefficient (Wildman–Crippen LogP) is 3.58. The molecule has 0 amide bonds. The van der Waals surface area contributed by atoms with Crippen LogP contribution in [0.4, 0.5) is 0 Å². The van der Waals surface area contributed by atoms with Gasteiger partial charge in [0.25, 0.3) is 5.56 Å². The number of hydrogen-bond donors (Lipinski definition) is 0. The quantitative estimate of drug-likeness (QED) is 0.456. The molecular weight excluding hydrogens is 504 g/mol. The second-order valence-corrected chi connectivity index (χ2v) is 9.42. The van der Waals surface area contributed by atoms with Crippen LogP contribution in [0, 0.1) is 0 Å². The van der Waals surface area contributed by atoms with E-state index in [9.17, 15) is 9.59 Å². The molecule has 8 nitrogen and oxygen atoms in total. The van der Waals surface area contributed by atoms with Crippen LogP contribution in [-0.4, -0.2) is 30.5 Å². The lowest BCUT2D eigenvalue weighted by atomic mass is 9.95. The fraction of sp³-hybridized carbons (Fsp3) is 0.269. The minimum absolute atomic E-state index is 0.118. The minimum Gasteiger partial charge on any atom is -0.494 e. The lowest BCUT2D eigenvalue weighted by Crippen LogP contribution is -2.40. The first kappa shape index (κ1) is 24.1. The van der Waals surface area contributed by atoms with Gasteiger partial charge in [-0.2, -0.15) is 0 Å². The summed E-state index contributed by atoms with van der Waals surface area (Å²) in [5.41, 5.74) is 1.75. The normalized spacial score (nSPS) is 16.6. The van der Waals surface area contributed by atoms with Gasteiger partial charge in [0.05, 0.1) is 34.0 Å². The van der Waals surface area contributed by atoms with Gasteiger partial charge in [0.1, 0.15) is 11.8 Å². The summed E-state index contributed by atoms with van der Waals surface area (Å²) in [5, 5.41) is 0.423. The smallest absolute Gasteiger partial charge is 0.338 e. The summed E-state index contributed by atoms with van der Waals surface area (Å²) in [5.74, 6) is 1.17. The van der Waals surface area contributed by atoms with Gasteiger partial charge in [-0.1, -0.05) is 41.1 Å². The highest BCUT2D eigenvalue weighted by Crippen LogP contribution is 2.38. The number of esters is 1. The molecule has 0 saturated carbocycles. The van der Waals surface area contributed by atoms with Gasteiger partial charge in [-0.3, -0.25) is 9.36 Å². The lowest BCUT2D eigenvalue weighted by Gasteiger charge is -2.26. The third kappa shape index (κ3) is 4.18. The van der Waals surface area contributed by atoms with Crippen LogP contribution in [-0.2, 0) is 9.53 Å². The summed E-state index contributed by atoms with van der Waals surface area (Å²) < 4.78 is 24.0. The maximum Gasteiger partial charge on any atom is 0.338 e. The molecule has 3 aromatic rings. The van der Waals surface area contributed by atoms with Crippen molar-refractivity contribution in [1.29, 1.82) is 0 Å². The van der Waals surface area contributed by atoms with E-state index < -0.39 is 12.0 Å². The first-order valence-electron chi connectivity index (χ1n) is 11.4. The number of fused-ring (bicyclic) bond motifs is 2. The molecule has 3 heterocycles. The zero-order valence-corrected chi connectivity index (χ0v) is 21.4. The molecule has 10 heteroatoms. The number of rotatable bonds is 6. The fourth-order valence-electron chi connectivity index (χ4n) is 4.26. The highest BCUT2D eigenvalue weighted by molar-refractivity contribution is 7.07. The zero-order chi connectivity index (χ0) is 25.4. The molecule has 2 aliphatic rings. The van der Waals surface area contributed by atoms with E-state index in [0.29, 0.717) is 60.6 Å². The van der Waals surface area contributed by atoms with Crippen LogP contribution in [0.5, 0.6) is 17.2 Å². The van der Waals surface area contributed by atoms with E-state index in [1.54, 1.807) is 32.1 Å². The summed E-state index contributed by atoms with van der Waals surface area (Å²) in [4.78, 5) is 32.0. The van der Waals surface area contributed by atoms with Crippen LogP contribution in [0.1, 0.15) is 37.9 Å². The van der Waals surface area contributed by atoms with Crippen molar-refractivity contribution in [1.82, 2.24) is 4.57 Å². The molecule has 186 valence electrons. The Kier molecular flexibility index (Phi) is 6.59. The number of thiazole rings is 1. The molecule has 0 bridgehead atoms. The molecular formula is C26H23ClN2O6S. The molecule has 2 aromatic carbocycles. The Morgan fingerprint density at radius 3 is 2.72 bits per heavy atom. The van der Waals surface area contributed by atoms with Gasteiger partial charge in [0, 0.05) is 11.6 Å². The number of nitrogens with zero attached hydrogens (tertiary/aromatic N) is 2. The van der Waals surface area contributed by atoms with Crippen LogP contribution in [0.2, 0.25) is 5.02 Å². The van der Waals surface area contributed by atoms with Crippen molar-refractivity contribution >= 4 is 35.0 Å². The summed E-state index contributed by atoms with van der Waals surface area (Å²) >= 11 is 7.68. The van der Waals surface area contributed by atoms with E-state index in [4.69, 9.17) is 30.5 Å². The van der Waals surface area contributed by atoms with E-state index >= 15 is 0 Å². The number of para-hydroxylation sites is 1. The third-order valence-corrected chi connectivity index (χ3v) is 7.12. The van der Waals surface area contributed by atoms with Crippen LogP contribution in [0.25, 0.3) is 6.08 Å². The van der Waals surface area contributed by atoms with Crippen molar-refractivity contribution in [2.45, 2.75) is 26.8 Å². The maximum atomic E-state index is 13.8. The van der Waals surface area contributed by atoms with Crippen LogP contribution in [0.3, 0.4) is 0 Å². The van der Waals surface area contributed by atoms with E-state index in [1.807, 2.05) is 31.2 Å². The molecule has 0 fully saturated rings. The first-order valence-corrected chi connectivity index (χ1v) is 12.6. The monoisotopic (exact) mass is 526 g/mol. The Hall–Kier alpha value is -3.56. The number of halogens is 1. The second-order valence-electron chi connectivity index (χ2n) is 8.00. The van der Waals surface area contributed by atoms with Crippen molar-refractivity contribution in [2.75, 3.05) is 20.0 Å². The minimum atomic E-state index is -0.766. The summed E-state index contributed by atoms with van der Waals surface area (Å²) in [6, 6.07) is 9.99. The van der Waals surface area contributed by atoms with Crippen molar-refractivity contribution in [3.63, 3.8) is 0 Å². The standard InChI is InChI=1S/C26H23ClN2O6S/c1-4-32-18-9-7-6-8-16(18)23-22(25(31)33-5-2)14(3)28-26-29(23)24(30)21(36-26)11-15-10-19-20(12-17(15)27)35-13-34-19/h6-12,23H,4-5,13H2,1-3H3/b21-11-/t23-/m1/s1. The van der Waals surface area contributed by atoms with Gasteiger partial charge in [-0.15, -0.1) is 0 Å². The van der Waals surface area contributed by atoms with Gasteiger partial charge >= 0.3 is 5.97 Å². The number of benzene rings is 2. The van der Waals surface area contributed by atoms with Crippen LogP contribution < -0.4 is 29.1 Å². The Balaban J connectivity index is 1.73. The molecule has 1 aromatic heterocycles. The number of ether oxygens (including phenoxy) is 4. The molecule has 0 unspecified atom stereocenters. The van der Waals surface area contributed by atoms with E-state index in [1.165, 1.54) is 15.9 Å². The van der Waals surface area contributed by atoms with Gasteiger partial charge in [-0.05, 0) is 44.5 Å². The van der Waals surface area contributed by atoms with Crippen molar-refractivity contribution < 1.29 is 23.7 Å². The van der Waals surface area contributed by atoms with Gasteiger partial charge in [-0.25, -0.2) is 9.79 Å². The molecule has 0 N–H and O–H groups in total. The molecule has 1 atom stereocenters. The van der Waals surface area contributed by atoms with Crippen LogP contribution in [0.15, 0.2) is 57.5 Å². The average Bonchev–Trinajstić information content (AvgIpc) is 3.42. The summed E-state index contributed by atoms with van der Waals surface area (Å²) in [7, 11) is 0. The Morgan fingerprint density at radius 2 is 1.97 bits per heavy atom. The van der Waals surface area contributed by atoms with Gasteiger partial charge in [0.15, 0.2) is 16.3 Å². The van der Waals surface area contributed by atoms with E-state index in [0.717, 1.165) is 0 Å². The zero-order valence-electron chi connectivity index (χ0n) is 19.9. The summed E-state index contributed by atoms with van der Waals surface area (Å²) in [6.07, 6.45) is 1.70. The molecule has 36 heavy (non-hydrogen) atoms. The Bertz CT molecular complexity index is 1570. The molecule has 2 aliphatic heterocycles. The molecule has 0 aliphatic carbocycles. The van der Waals surface area contributed by atoms with Gasteiger partial charge < -0.3 is 18.9 Å². The number of allylic oxidation sites excluding steroid dienone is 1. The largest absolute Gasteiger partial charge is 0.494 e. The van der Waals surface area contributed by atoms with E-state index in [-0.39, 0.29) is 19.0 Å². The molecule has 0 radical (unpaired) electrons. The van der Waals surface area contributed by atoms with Gasteiger partial charge in [0.2, 0.25) is 6.79 Å². The maximum absolute atomic E-state index is 13.8. The Labute approximate surface area is 215 Å². The van der Waals surface area contributed by atoms with Crippen molar-refractivity contribution in [3.05, 3.63) is 83.5 Å². The molecule has 5 rings (SSSR count). The number of hydrogen-bond acceptors (Lipinski definition) is 8. The van der Waals surface area contributed by atoms with E-state index in [2.05, 4.69) is 4.99 Å². The number of aromatic nitrogens is 1. The summed E-state index contributed by atoms with van der Waals surface area (Å²) in [6.45, 7) is 6.10. The SMILES string of the molecule is CCOC(=O)C1=C(C)N=c2s/c(=C\c3cc4c(cc3Cl)OCO4)c(=O)n2[C@@H]1c1ccccc1OCC.